The average molecular weight is 309 g/mol. The standard InChI is InChI=1S/C13H19N5O2S/c1-2-17-21(19,20)11-4-5-12(14)13(10-11)15-7-9-18-8-3-6-16-18/h3-6,8,10,15,17H,2,7,9,14H2,1H3. The summed E-state index contributed by atoms with van der Waals surface area (Å²) < 4.78 is 28.2. The third kappa shape index (κ3) is 3.96. The molecule has 1 heterocycles. The minimum Gasteiger partial charge on any atom is -0.397 e. The summed E-state index contributed by atoms with van der Waals surface area (Å²) in [5, 5.41) is 7.22. The summed E-state index contributed by atoms with van der Waals surface area (Å²) in [5.41, 5.74) is 6.97. The fraction of sp³-hybridized carbons (Fsp3) is 0.308. The molecule has 0 unspecified atom stereocenters. The molecule has 4 N–H and O–H groups in total. The lowest BCUT2D eigenvalue weighted by molar-refractivity contribution is 0.584. The van der Waals surface area contributed by atoms with Gasteiger partial charge >= 0.3 is 0 Å². The molecule has 1 aromatic carbocycles. The molecular weight excluding hydrogens is 290 g/mol. The highest BCUT2D eigenvalue weighted by Crippen LogP contribution is 2.22. The Morgan fingerprint density at radius 3 is 2.86 bits per heavy atom. The zero-order valence-corrected chi connectivity index (χ0v) is 12.6. The Bertz CT molecular complexity index is 683. The van der Waals surface area contributed by atoms with Gasteiger partial charge in [-0.2, -0.15) is 5.10 Å². The quantitative estimate of drug-likeness (QED) is 0.659. The van der Waals surface area contributed by atoms with Crippen LogP contribution in [0.1, 0.15) is 6.92 Å². The van der Waals surface area contributed by atoms with Gasteiger partial charge < -0.3 is 11.1 Å². The van der Waals surface area contributed by atoms with Gasteiger partial charge in [-0.15, -0.1) is 0 Å². The van der Waals surface area contributed by atoms with Crippen LogP contribution < -0.4 is 15.8 Å². The molecule has 0 saturated heterocycles. The molecule has 1 aromatic heterocycles. The fourth-order valence-electron chi connectivity index (χ4n) is 1.87. The molecule has 0 fully saturated rings. The molecule has 21 heavy (non-hydrogen) atoms. The van der Waals surface area contributed by atoms with Gasteiger partial charge in [0.05, 0.1) is 22.8 Å². The molecule has 0 aliphatic carbocycles. The van der Waals surface area contributed by atoms with Gasteiger partial charge in [0, 0.05) is 25.5 Å². The number of benzene rings is 1. The van der Waals surface area contributed by atoms with Gasteiger partial charge in [-0.25, -0.2) is 13.1 Å². The van der Waals surface area contributed by atoms with Crippen molar-refractivity contribution in [2.45, 2.75) is 18.4 Å². The molecule has 2 aromatic rings. The number of hydrogen-bond donors (Lipinski definition) is 3. The van der Waals surface area contributed by atoms with Crippen molar-refractivity contribution in [3.05, 3.63) is 36.7 Å². The lowest BCUT2D eigenvalue weighted by atomic mass is 10.2. The van der Waals surface area contributed by atoms with Gasteiger partial charge in [0.2, 0.25) is 10.0 Å². The Morgan fingerprint density at radius 2 is 2.19 bits per heavy atom. The van der Waals surface area contributed by atoms with Crippen molar-refractivity contribution in [2.75, 3.05) is 24.1 Å². The first-order valence-electron chi connectivity index (χ1n) is 6.63. The molecule has 0 amide bonds. The lowest BCUT2D eigenvalue weighted by Gasteiger charge is -2.12. The number of anilines is 2. The monoisotopic (exact) mass is 309 g/mol. The van der Waals surface area contributed by atoms with Gasteiger partial charge in [-0.1, -0.05) is 6.92 Å². The molecule has 8 heteroatoms. The van der Waals surface area contributed by atoms with Crippen molar-refractivity contribution in [3.8, 4) is 0 Å². The Morgan fingerprint density at radius 1 is 1.38 bits per heavy atom. The van der Waals surface area contributed by atoms with E-state index < -0.39 is 10.0 Å². The maximum atomic E-state index is 12.0. The van der Waals surface area contributed by atoms with Crippen LogP contribution in [0.4, 0.5) is 11.4 Å². The Balaban J connectivity index is 2.08. The molecule has 0 spiro atoms. The summed E-state index contributed by atoms with van der Waals surface area (Å²) in [4.78, 5) is 0.195. The third-order valence-corrected chi connectivity index (χ3v) is 4.43. The number of nitrogens with one attached hydrogen (secondary N) is 2. The number of nitrogen functional groups attached to an aromatic ring is 1. The molecule has 0 radical (unpaired) electrons. The van der Waals surface area contributed by atoms with Gasteiger partial charge in [-0.05, 0) is 24.3 Å². The maximum absolute atomic E-state index is 12.0. The topological polar surface area (TPSA) is 102 Å². The van der Waals surface area contributed by atoms with E-state index in [1.54, 1.807) is 23.9 Å². The first-order chi connectivity index (χ1) is 10.0. The third-order valence-electron chi connectivity index (χ3n) is 2.88. The van der Waals surface area contributed by atoms with Crippen LogP contribution in [0.5, 0.6) is 0 Å². The highest BCUT2D eigenvalue weighted by molar-refractivity contribution is 7.89. The van der Waals surface area contributed by atoms with E-state index >= 15 is 0 Å². The summed E-state index contributed by atoms with van der Waals surface area (Å²) in [6, 6.07) is 6.46. The van der Waals surface area contributed by atoms with Crippen LogP contribution in [0.25, 0.3) is 0 Å². The smallest absolute Gasteiger partial charge is 0.240 e. The zero-order valence-electron chi connectivity index (χ0n) is 11.8. The van der Waals surface area contributed by atoms with Crippen LogP contribution in [-0.2, 0) is 16.6 Å². The summed E-state index contributed by atoms with van der Waals surface area (Å²) in [7, 11) is -3.48. The summed E-state index contributed by atoms with van der Waals surface area (Å²) >= 11 is 0. The molecule has 114 valence electrons. The SMILES string of the molecule is CCNS(=O)(=O)c1ccc(N)c(NCCn2cccn2)c1. The molecule has 0 saturated carbocycles. The molecular formula is C13H19N5O2S. The number of sulfonamides is 1. The van der Waals surface area contributed by atoms with Crippen molar-refractivity contribution in [1.82, 2.24) is 14.5 Å². The van der Waals surface area contributed by atoms with Crippen molar-refractivity contribution in [2.24, 2.45) is 0 Å². The summed E-state index contributed by atoms with van der Waals surface area (Å²) in [6.45, 7) is 3.33. The fourth-order valence-corrected chi connectivity index (χ4v) is 2.93. The second-order valence-corrected chi connectivity index (χ2v) is 6.21. The highest BCUT2D eigenvalue weighted by atomic mass is 32.2. The van der Waals surface area contributed by atoms with E-state index in [1.807, 2.05) is 12.3 Å². The largest absolute Gasteiger partial charge is 0.397 e. The van der Waals surface area contributed by atoms with Crippen LogP contribution in [0, 0.1) is 0 Å². The van der Waals surface area contributed by atoms with E-state index in [9.17, 15) is 8.42 Å². The second-order valence-electron chi connectivity index (χ2n) is 4.45. The van der Waals surface area contributed by atoms with Crippen LogP contribution in [0.15, 0.2) is 41.6 Å². The van der Waals surface area contributed by atoms with E-state index in [2.05, 4.69) is 15.1 Å². The van der Waals surface area contributed by atoms with Crippen LogP contribution in [0.3, 0.4) is 0 Å². The zero-order chi connectivity index (χ0) is 15.3. The minimum absolute atomic E-state index is 0.195. The number of aromatic nitrogens is 2. The number of hydrogen-bond acceptors (Lipinski definition) is 5. The van der Waals surface area contributed by atoms with Crippen molar-refractivity contribution >= 4 is 21.4 Å². The number of nitrogens with zero attached hydrogens (tertiary/aromatic N) is 2. The van der Waals surface area contributed by atoms with Crippen LogP contribution in [0.2, 0.25) is 0 Å². The van der Waals surface area contributed by atoms with Gasteiger partial charge in [0.15, 0.2) is 0 Å². The van der Waals surface area contributed by atoms with E-state index in [-0.39, 0.29) is 4.90 Å². The first-order valence-corrected chi connectivity index (χ1v) is 8.11. The summed E-state index contributed by atoms with van der Waals surface area (Å²) in [5.74, 6) is 0. The molecule has 0 aliphatic heterocycles. The first kappa shape index (κ1) is 15.3. The van der Waals surface area contributed by atoms with Crippen LogP contribution in [-0.4, -0.2) is 31.3 Å². The Hall–Kier alpha value is -2.06. The molecule has 0 bridgehead atoms. The van der Waals surface area contributed by atoms with E-state index in [0.717, 1.165) is 0 Å². The molecule has 0 atom stereocenters. The van der Waals surface area contributed by atoms with Gasteiger partial charge in [-0.3, -0.25) is 4.68 Å². The maximum Gasteiger partial charge on any atom is 0.240 e. The number of nitrogens with two attached hydrogens (primary N) is 1. The Labute approximate surface area is 124 Å². The molecule has 2 rings (SSSR count). The van der Waals surface area contributed by atoms with E-state index in [1.165, 1.54) is 12.1 Å². The average Bonchev–Trinajstić information content (AvgIpc) is 2.94. The predicted molar refractivity (Wildman–Crippen MR) is 82.4 cm³/mol. The highest BCUT2D eigenvalue weighted by Gasteiger charge is 2.14. The van der Waals surface area contributed by atoms with E-state index in [0.29, 0.717) is 31.0 Å². The van der Waals surface area contributed by atoms with Gasteiger partial charge in [0.25, 0.3) is 0 Å². The molecule has 7 nitrogen and oxygen atoms in total. The molecule has 0 aliphatic rings. The van der Waals surface area contributed by atoms with Crippen molar-refractivity contribution < 1.29 is 8.42 Å². The van der Waals surface area contributed by atoms with Crippen molar-refractivity contribution in [1.29, 1.82) is 0 Å². The predicted octanol–water partition coefficient (Wildman–Crippen LogP) is 0.876. The summed E-state index contributed by atoms with van der Waals surface area (Å²) in [6.07, 6.45) is 3.56. The number of rotatable bonds is 7. The Kier molecular flexibility index (Phi) is 4.81. The minimum atomic E-state index is -3.48. The van der Waals surface area contributed by atoms with Crippen LogP contribution >= 0.6 is 0 Å². The lowest BCUT2D eigenvalue weighted by Crippen LogP contribution is -2.23. The van der Waals surface area contributed by atoms with Crippen molar-refractivity contribution in [3.63, 3.8) is 0 Å². The normalized spacial score (nSPS) is 11.5. The second kappa shape index (κ2) is 6.59. The van der Waals surface area contributed by atoms with E-state index in [4.69, 9.17) is 5.73 Å². The van der Waals surface area contributed by atoms with Gasteiger partial charge in [0.1, 0.15) is 0 Å².